The number of para-hydroxylation sites is 2. The number of nitrogens with zero attached hydrogens (tertiary/aromatic N) is 3. The van der Waals surface area contributed by atoms with Crippen molar-refractivity contribution in [3.8, 4) is 17.0 Å². The number of carbonyl (C=O) groups excluding carboxylic acids is 1. The monoisotopic (exact) mass is 404 g/mol. The van der Waals surface area contributed by atoms with Crippen LogP contribution in [-0.2, 0) is 4.74 Å². The molecule has 1 amide bonds. The molecule has 0 bridgehead atoms. The maximum atomic E-state index is 12.7. The Labute approximate surface area is 175 Å². The fourth-order valence-corrected chi connectivity index (χ4v) is 3.31. The highest BCUT2D eigenvalue weighted by Crippen LogP contribution is 2.25. The van der Waals surface area contributed by atoms with E-state index in [9.17, 15) is 4.79 Å². The molecule has 0 radical (unpaired) electrons. The van der Waals surface area contributed by atoms with Crippen molar-refractivity contribution in [3.05, 3.63) is 66.5 Å². The number of amides is 1. The number of ether oxygens (including phenoxy) is 2. The average molecular weight is 404 g/mol. The fourth-order valence-electron chi connectivity index (χ4n) is 3.31. The van der Waals surface area contributed by atoms with E-state index in [4.69, 9.17) is 9.47 Å². The average Bonchev–Trinajstić information content (AvgIpc) is 2.81. The molecule has 1 aliphatic heterocycles. The van der Waals surface area contributed by atoms with Gasteiger partial charge in [-0.15, -0.1) is 0 Å². The number of benzene rings is 2. The minimum Gasteiger partial charge on any atom is -0.492 e. The third-order valence-corrected chi connectivity index (χ3v) is 4.87. The molecule has 1 aromatic heterocycles. The Morgan fingerprint density at radius 1 is 1.10 bits per heavy atom. The van der Waals surface area contributed by atoms with E-state index in [2.05, 4.69) is 20.2 Å². The predicted octanol–water partition coefficient (Wildman–Crippen LogP) is 3.63. The van der Waals surface area contributed by atoms with Gasteiger partial charge < -0.3 is 19.7 Å². The standard InChI is InChI=1S/C23H24N4O3/c1-2-30-21-6-4-3-5-19(21)26-23(28)18-9-7-17(8-10-18)20-15-22(25-16-24-20)27-11-13-29-14-12-27/h3-10,15-16H,2,11-14H2,1H3,(H,26,28). The van der Waals surface area contributed by atoms with Gasteiger partial charge in [0, 0.05) is 30.3 Å². The van der Waals surface area contributed by atoms with Crippen LogP contribution >= 0.6 is 0 Å². The zero-order valence-corrected chi connectivity index (χ0v) is 16.9. The summed E-state index contributed by atoms with van der Waals surface area (Å²) in [6.45, 7) is 5.49. The van der Waals surface area contributed by atoms with Gasteiger partial charge in [-0.25, -0.2) is 9.97 Å². The Kier molecular flexibility index (Phi) is 6.20. The molecule has 0 unspecified atom stereocenters. The maximum Gasteiger partial charge on any atom is 0.255 e. The number of hydrogen-bond acceptors (Lipinski definition) is 6. The Morgan fingerprint density at radius 2 is 1.87 bits per heavy atom. The van der Waals surface area contributed by atoms with Gasteiger partial charge in [0.1, 0.15) is 17.9 Å². The lowest BCUT2D eigenvalue weighted by molar-refractivity contribution is 0.102. The van der Waals surface area contributed by atoms with Crippen molar-refractivity contribution in [2.45, 2.75) is 6.92 Å². The molecule has 7 heteroatoms. The van der Waals surface area contributed by atoms with E-state index in [1.807, 2.05) is 49.4 Å². The van der Waals surface area contributed by atoms with Crippen LogP contribution in [0.25, 0.3) is 11.3 Å². The molecule has 0 aliphatic carbocycles. The Bertz CT molecular complexity index is 1000. The van der Waals surface area contributed by atoms with Crippen LogP contribution in [0.5, 0.6) is 5.75 Å². The molecule has 2 aromatic carbocycles. The SMILES string of the molecule is CCOc1ccccc1NC(=O)c1ccc(-c2cc(N3CCOCC3)ncn2)cc1. The van der Waals surface area contributed by atoms with Crippen LogP contribution in [0.3, 0.4) is 0 Å². The molecule has 4 rings (SSSR count). The van der Waals surface area contributed by atoms with Gasteiger partial charge in [-0.2, -0.15) is 0 Å². The smallest absolute Gasteiger partial charge is 0.255 e. The first kappa shape index (κ1) is 19.8. The Morgan fingerprint density at radius 3 is 2.63 bits per heavy atom. The summed E-state index contributed by atoms with van der Waals surface area (Å²) in [7, 11) is 0. The molecule has 0 atom stereocenters. The maximum absolute atomic E-state index is 12.7. The summed E-state index contributed by atoms with van der Waals surface area (Å²) < 4.78 is 11.0. The van der Waals surface area contributed by atoms with E-state index in [1.54, 1.807) is 18.5 Å². The van der Waals surface area contributed by atoms with Gasteiger partial charge in [0.05, 0.1) is 31.2 Å². The second kappa shape index (κ2) is 9.37. The molecule has 1 saturated heterocycles. The molecule has 0 saturated carbocycles. The summed E-state index contributed by atoms with van der Waals surface area (Å²) in [6.07, 6.45) is 1.57. The number of rotatable bonds is 6. The van der Waals surface area contributed by atoms with Crippen molar-refractivity contribution in [3.63, 3.8) is 0 Å². The van der Waals surface area contributed by atoms with Crippen LogP contribution < -0.4 is 15.0 Å². The van der Waals surface area contributed by atoms with Gasteiger partial charge in [0.2, 0.25) is 0 Å². The Hall–Kier alpha value is -3.45. The van der Waals surface area contributed by atoms with E-state index in [0.29, 0.717) is 36.8 Å². The highest BCUT2D eigenvalue weighted by atomic mass is 16.5. The highest BCUT2D eigenvalue weighted by Gasteiger charge is 2.14. The van der Waals surface area contributed by atoms with Crippen LogP contribution in [0.1, 0.15) is 17.3 Å². The number of anilines is 2. The van der Waals surface area contributed by atoms with E-state index in [1.165, 1.54) is 0 Å². The molecule has 1 fully saturated rings. The molecule has 1 aliphatic rings. The number of morpholine rings is 1. The van der Waals surface area contributed by atoms with E-state index < -0.39 is 0 Å². The first-order valence-electron chi connectivity index (χ1n) is 10.0. The van der Waals surface area contributed by atoms with Crippen molar-refractivity contribution in [2.75, 3.05) is 43.1 Å². The van der Waals surface area contributed by atoms with Crippen molar-refractivity contribution in [1.29, 1.82) is 0 Å². The molecular formula is C23H24N4O3. The third kappa shape index (κ3) is 4.58. The molecule has 154 valence electrons. The van der Waals surface area contributed by atoms with Crippen molar-refractivity contribution in [1.82, 2.24) is 9.97 Å². The van der Waals surface area contributed by atoms with Gasteiger partial charge in [-0.3, -0.25) is 4.79 Å². The van der Waals surface area contributed by atoms with Crippen LogP contribution in [0.2, 0.25) is 0 Å². The quantitative estimate of drug-likeness (QED) is 0.676. The lowest BCUT2D eigenvalue weighted by Gasteiger charge is -2.27. The normalized spacial score (nSPS) is 13.7. The first-order chi connectivity index (χ1) is 14.7. The molecular weight excluding hydrogens is 380 g/mol. The topological polar surface area (TPSA) is 76.6 Å². The lowest BCUT2D eigenvalue weighted by Crippen LogP contribution is -2.36. The second-order valence-electron chi connectivity index (χ2n) is 6.82. The van der Waals surface area contributed by atoms with Crippen LogP contribution in [0.4, 0.5) is 11.5 Å². The molecule has 30 heavy (non-hydrogen) atoms. The summed E-state index contributed by atoms with van der Waals surface area (Å²) in [6, 6.07) is 16.8. The fraction of sp³-hybridized carbons (Fsp3) is 0.261. The number of hydrogen-bond donors (Lipinski definition) is 1. The molecule has 2 heterocycles. The van der Waals surface area contributed by atoms with E-state index in [-0.39, 0.29) is 5.91 Å². The van der Waals surface area contributed by atoms with Crippen LogP contribution in [0, 0.1) is 0 Å². The molecule has 1 N–H and O–H groups in total. The first-order valence-corrected chi connectivity index (χ1v) is 10.0. The summed E-state index contributed by atoms with van der Waals surface area (Å²) in [5, 5.41) is 2.91. The largest absolute Gasteiger partial charge is 0.492 e. The zero-order chi connectivity index (χ0) is 20.8. The summed E-state index contributed by atoms with van der Waals surface area (Å²) in [5.41, 5.74) is 2.96. The Balaban J connectivity index is 1.48. The van der Waals surface area contributed by atoms with E-state index in [0.717, 1.165) is 30.2 Å². The summed E-state index contributed by atoms with van der Waals surface area (Å²) in [5.74, 6) is 1.35. The van der Waals surface area contributed by atoms with Gasteiger partial charge in [0.15, 0.2) is 0 Å². The zero-order valence-electron chi connectivity index (χ0n) is 16.9. The van der Waals surface area contributed by atoms with Crippen molar-refractivity contribution in [2.24, 2.45) is 0 Å². The van der Waals surface area contributed by atoms with Gasteiger partial charge in [-0.05, 0) is 31.2 Å². The van der Waals surface area contributed by atoms with Gasteiger partial charge in [0.25, 0.3) is 5.91 Å². The molecule has 3 aromatic rings. The highest BCUT2D eigenvalue weighted by molar-refractivity contribution is 6.05. The van der Waals surface area contributed by atoms with Crippen molar-refractivity contribution < 1.29 is 14.3 Å². The van der Waals surface area contributed by atoms with Gasteiger partial charge >= 0.3 is 0 Å². The van der Waals surface area contributed by atoms with Crippen LogP contribution in [-0.4, -0.2) is 48.8 Å². The number of aromatic nitrogens is 2. The number of carbonyl (C=O) groups is 1. The minimum absolute atomic E-state index is 0.189. The predicted molar refractivity (Wildman–Crippen MR) is 116 cm³/mol. The summed E-state index contributed by atoms with van der Waals surface area (Å²) in [4.78, 5) is 23.6. The second-order valence-corrected chi connectivity index (χ2v) is 6.82. The molecule has 7 nitrogen and oxygen atoms in total. The van der Waals surface area contributed by atoms with Crippen molar-refractivity contribution >= 4 is 17.4 Å². The number of nitrogens with one attached hydrogen (secondary N) is 1. The molecule has 0 spiro atoms. The van der Waals surface area contributed by atoms with E-state index >= 15 is 0 Å². The minimum atomic E-state index is -0.189. The summed E-state index contributed by atoms with van der Waals surface area (Å²) >= 11 is 0. The van der Waals surface area contributed by atoms with Crippen LogP contribution in [0.15, 0.2) is 60.9 Å². The lowest BCUT2D eigenvalue weighted by atomic mass is 10.1. The van der Waals surface area contributed by atoms with Gasteiger partial charge in [-0.1, -0.05) is 24.3 Å². The third-order valence-electron chi connectivity index (χ3n) is 4.87.